The lowest BCUT2D eigenvalue weighted by Gasteiger charge is -2.24. The van der Waals surface area contributed by atoms with Crippen LogP contribution in [-0.2, 0) is 16.0 Å². The average molecular weight is 442 g/mol. The number of nitrogens with zero attached hydrogens (tertiary/aromatic N) is 1. The summed E-state index contributed by atoms with van der Waals surface area (Å²) in [4.78, 5) is 51.9. The molecule has 0 saturated carbocycles. The van der Waals surface area contributed by atoms with Crippen molar-refractivity contribution in [2.24, 2.45) is 0 Å². The van der Waals surface area contributed by atoms with Crippen molar-refractivity contribution in [3.05, 3.63) is 101 Å². The molecule has 1 atom stereocenters. The normalized spacial score (nSPS) is 13.4. The molecule has 3 aromatic rings. The molecule has 4 rings (SSSR count). The third-order valence-electron chi connectivity index (χ3n) is 5.37. The molecule has 0 radical (unpaired) electrons. The van der Waals surface area contributed by atoms with Crippen molar-refractivity contribution in [2.45, 2.75) is 19.4 Å². The number of anilines is 1. The molecule has 3 aromatic carbocycles. The summed E-state index contributed by atoms with van der Waals surface area (Å²) >= 11 is 0. The summed E-state index contributed by atoms with van der Waals surface area (Å²) in [5.74, 6) is -1.91. The van der Waals surface area contributed by atoms with Crippen molar-refractivity contribution in [3.63, 3.8) is 0 Å². The molecule has 0 saturated heterocycles. The lowest BCUT2D eigenvalue weighted by Crippen LogP contribution is -2.47. The van der Waals surface area contributed by atoms with Crippen LogP contribution in [0.15, 0.2) is 78.9 Å². The first kappa shape index (κ1) is 22.0. The topological polar surface area (TPSA) is 92.8 Å². The Morgan fingerprint density at radius 1 is 0.848 bits per heavy atom. The standard InChI is InChI=1S/C26H22N2O5/c1-2-33-26(32)22(28-24(30)20-10-6-7-11-21(20)25(28)31)16-17-12-14-19(15-13-17)27-23(29)18-8-4-3-5-9-18/h3-15,22H,2,16H2,1H3,(H,27,29)/t22-/m1/s1. The van der Waals surface area contributed by atoms with Gasteiger partial charge in [-0.3, -0.25) is 19.3 Å². The number of carbonyl (C=O) groups excluding carboxylic acids is 4. The van der Waals surface area contributed by atoms with Crippen LogP contribution in [0.1, 0.15) is 43.6 Å². The van der Waals surface area contributed by atoms with E-state index in [0.717, 1.165) is 4.90 Å². The van der Waals surface area contributed by atoms with E-state index >= 15 is 0 Å². The van der Waals surface area contributed by atoms with Gasteiger partial charge in [0.15, 0.2) is 0 Å². The van der Waals surface area contributed by atoms with Gasteiger partial charge in [-0.25, -0.2) is 4.79 Å². The van der Waals surface area contributed by atoms with E-state index in [2.05, 4.69) is 5.32 Å². The molecule has 1 aliphatic heterocycles. The highest BCUT2D eigenvalue weighted by Crippen LogP contribution is 2.27. The fraction of sp³-hybridized carbons (Fsp3) is 0.154. The van der Waals surface area contributed by atoms with Gasteiger partial charge in [-0.15, -0.1) is 0 Å². The number of hydrogen-bond donors (Lipinski definition) is 1. The van der Waals surface area contributed by atoms with Crippen LogP contribution in [-0.4, -0.2) is 41.2 Å². The summed E-state index contributed by atoms with van der Waals surface area (Å²) in [6.45, 7) is 1.80. The van der Waals surface area contributed by atoms with Crippen molar-refractivity contribution >= 4 is 29.4 Å². The number of hydrogen-bond acceptors (Lipinski definition) is 5. The van der Waals surface area contributed by atoms with Crippen LogP contribution in [0.3, 0.4) is 0 Å². The Hall–Kier alpha value is -4.26. The second-order valence-electron chi connectivity index (χ2n) is 7.51. The summed E-state index contributed by atoms with van der Waals surface area (Å²) in [6.07, 6.45) is 0.0945. The van der Waals surface area contributed by atoms with Gasteiger partial charge in [-0.2, -0.15) is 0 Å². The lowest BCUT2D eigenvalue weighted by molar-refractivity contribution is -0.147. The zero-order valence-electron chi connectivity index (χ0n) is 18.0. The monoisotopic (exact) mass is 442 g/mol. The number of fused-ring (bicyclic) bond motifs is 1. The fourth-order valence-corrected chi connectivity index (χ4v) is 3.75. The molecular formula is C26H22N2O5. The van der Waals surface area contributed by atoms with Crippen LogP contribution in [0.25, 0.3) is 0 Å². The van der Waals surface area contributed by atoms with Gasteiger partial charge in [0.05, 0.1) is 17.7 Å². The highest BCUT2D eigenvalue weighted by Gasteiger charge is 2.43. The van der Waals surface area contributed by atoms with E-state index in [0.29, 0.717) is 16.8 Å². The molecule has 0 bridgehead atoms. The quantitative estimate of drug-likeness (QED) is 0.445. The smallest absolute Gasteiger partial charge is 0.329 e. The zero-order valence-corrected chi connectivity index (χ0v) is 18.0. The number of ether oxygens (including phenoxy) is 1. The summed E-state index contributed by atoms with van der Waals surface area (Å²) in [6, 6.07) is 21.1. The Morgan fingerprint density at radius 3 is 2.00 bits per heavy atom. The molecular weight excluding hydrogens is 420 g/mol. The third kappa shape index (κ3) is 4.52. The van der Waals surface area contributed by atoms with Gasteiger partial charge in [0.25, 0.3) is 17.7 Å². The van der Waals surface area contributed by atoms with E-state index in [1.54, 1.807) is 79.7 Å². The van der Waals surface area contributed by atoms with Crippen LogP contribution < -0.4 is 5.32 Å². The minimum Gasteiger partial charge on any atom is -0.464 e. The van der Waals surface area contributed by atoms with Gasteiger partial charge in [0.1, 0.15) is 6.04 Å². The number of nitrogens with one attached hydrogen (secondary N) is 1. The summed E-state index contributed by atoms with van der Waals surface area (Å²) in [5.41, 5.74) is 2.38. The van der Waals surface area contributed by atoms with Gasteiger partial charge >= 0.3 is 5.97 Å². The number of benzene rings is 3. The molecule has 0 fully saturated rings. The molecule has 0 unspecified atom stereocenters. The summed E-state index contributed by atoms with van der Waals surface area (Å²) in [7, 11) is 0. The Bertz CT molecular complexity index is 1170. The number of carbonyl (C=O) groups is 4. The molecule has 0 aliphatic carbocycles. The van der Waals surface area contributed by atoms with Gasteiger partial charge in [0.2, 0.25) is 0 Å². The minimum absolute atomic E-state index is 0.0945. The van der Waals surface area contributed by atoms with Gasteiger partial charge in [0, 0.05) is 17.7 Å². The van der Waals surface area contributed by atoms with Gasteiger partial charge in [-0.1, -0.05) is 42.5 Å². The molecule has 3 amide bonds. The first-order chi connectivity index (χ1) is 16.0. The Kier molecular flexibility index (Phi) is 6.31. The molecule has 0 spiro atoms. The minimum atomic E-state index is -1.10. The van der Waals surface area contributed by atoms with Gasteiger partial charge in [-0.05, 0) is 48.9 Å². The Morgan fingerprint density at radius 2 is 1.42 bits per heavy atom. The molecule has 7 heteroatoms. The second-order valence-corrected chi connectivity index (χ2v) is 7.51. The molecule has 7 nitrogen and oxygen atoms in total. The predicted molar refractivity (Wildman–Crippen MR) is 122 cm³/mol. The summed E-state index contributed by atoms with van der Waals surface area (Å²) < 4.78 is 5.17. The number of rotatable bonds is 7. The maximum absolute atomic E-state index is 12.9. The van der Waals surface area contributed by atoms with Gasteiger partial charge < -0.3 is 10.1 Å². The molecule has 1 N–H and O–H groups in total. The van der Waals surface area contributed by atoms with Crippen molar-refractivity contribution < 1.29 is 23.9 Å². The Labute approximate surface area is 191 Å². The molecule has 33 heavy (non-hydrogen) atoms. The van der Waals surface area contributed by atoms with E-state index < -0.39 is 23.8 Å². The average Bonchev–Trinajstić information content (AvgIpc) is 3.09. The third-order valence-corrected chi connectivity index (χ3v) is 5.37. The van der Waals surface area contributed by atoms with E-state index in [1.165, 1.54) is 0 Å². The van der Waals surface area contributed by atoms with Crippen molar-refractivity contribution in [3.8, 4) is 0 Å². The zero-order chi connectivity index (χ0) is 23.4. The van der Waals surface area contributed by atoms with Crippen LogP contribution in [0.4, 0.5) is 5.69 Å². The lowest BCUT2D eigenvalue weighted by atomic mass is 10.0. The predicted octanol–water partition coefficient (Wildman–Crippen LogP) is 3.71. The summed E-state index contributed by atoms with van der Waals surface area (Å²) in [5, 5.41) is 2.81. The molecule has 1 aliphatic rings. The highest BCUT2D eigenvalue weighted by molar-refractivity contribution is 6.22. The van der Waals surface area contributed by atoms with Crippen molar-refractivity contribution in [1.82, 2.24) is 4.90 Å². The number of esters is 1. The molecule has 166 valence electrons. The van der Waals surface area contributed by atoms with Crippen molar-refractivity contribution in [1.29, 1.82) is 0 Å². The van der Waals surface area contributed by atoms with E-state index in [-0.39, 0.29) is 30.1 Å². The molecule has 1 heterocycles. The van der Waals surface area contributed by atoms with E-state index in [1.807, 2.05) is 6.07 Å². The SMILES string of the molecule is CCOC(=O)[C@@H](Cc1ccc(NC(=O)c2ccccc2)cc1)N1C(=O)c2ccccc2C1=O. The molecule has 0 aromatic heterocycles. The number of amides is 3. The van der Waals surface area contributed by atoms with E-state index in [9.17, 15) is 19.2 Å². The van der Waals surface area contributed by atoms with Crippen LogP contribution in [0.2, 0.25) is 0 Å². The van der Waals surface area contributed by atoms with Crippen LogP contribution >= 0.6 is 0 Å². The largest absolute Gasteiger partial charge is 0.464 e. The maximum Gasteiger partial charge on any atom is 0.329 e. The Balaban J connectivity index is 1.53. The van der Waals surface area contributed by atoms with E-state index in [4.69, 9.17) is 4.74 Å². The number of imide groups is 1. The second kappa shape index (κ2) is 9.48. The first-order valence-electron chi connectivity index (χ1n) is 10.6. The van der Waals surface area contributed by atoms with Crippen LogP contribution in [0.5, 0.6) is 0 Å². The van der Waals surface area contributed by atoms with Crippen LogP contribution in [0, 0.1) is 0 Å². The maximum atomic E-state index is 12.9. The first-order valence-corrected chi connectivity index (χ1v) is 10.6. The highest BCUT2D eigenvalue weighted by atomic mass is 16.5. The van der Waals surface area contributed by atoms with Crippen molar-refractivity contribution in [2.75, 3.05) is 11.9 Å². The fourth-order valence-electron chi connectivity index (χ4n) is 3.75.